The van der Waals surface area contributed by atoms with Crippen LogP contribution in [0.1, 0.15) is 0 Å². The standard InChI is InChI=1S/C17H10F3N/c18-11-9-14(12-5-1-3-7-15(12)19)17(21-10-11)13-6-2-4-8-16(13)20/h1-10H. The molecule has 2 aromatic carbocycles. The van der Waals surface area contributed by atoms with Gasteiger partial charge in [0, 0.05) is 16.7 Å². The highest BCUT2D eigenvalue weighted by atomic mass is 19.1. The fourth-order valence-corrected chi connectivity index (χ4v) is 2.19. The van der Waals surface area contributed by atoms with Crippen LogP contribution in [0.4, 0.5) is 13.2 Å². The van der Waals surface area contributed by atoms with Crippen LogP contribution in [0.15, 0.2) is 60.8 Å². The molecule has 0 spiro atoms. The van der Waals surface area contributed by atoms with E-state index in [9.17, 15) is 13.2 Å². The van der Waals surface area contributed by atoms with E-state index in [0.717, 1.165) is 12.3 Å². The Morgan fingerprint density at radius 2 is 1.24 bits per heavy atom. The molecule has 0 aliphatic rings. The summed E-state index contributed by atoms with van der Waals surface area (Å²) in [6.45, 7) is 0. The van der Waals surface area contributed by atoms with Gasteiger partial charge in [-0.2, -0.15) is 0 Å². The molecule has 1 nitrogen and oxygen atoms in total. The second-order valence-corrected chi connectivity index (χ2v) is 4.51. The zero-order valence-electron chi connectivity index (χ0n) is 10.9. The lowest BCUT2D eigenvalue weighted by atomic mass is 9.98. The van der Waals surface area contributed by atoms with E-state index < -0.39 is 17.5 Å². The molecule has 0 aliphatic carbocycles. The first-order valence-corrected chi connectivity index (χ1v) is 6.32. The number of rotatable bonds is 2. The van der Waals surface area contributed by atoms with E-state index in [-0.39, 0.29) is 22.4 Å². The number of hydrogen-bond donors (Lipinski definition) is 0. The Balaban J connectivity index is 2.29. The molecule has 3 rings (SSSR count). The molecule has 0 amide bonds. The zero-order chi connectivity index (χ0) is 14.8. The van der Waals surface area contributed by atoms with Gasteiger partial charge in [-0.1, -0.05) is 30.3 Å². The van der Waals surface area contributed by atoms with Gasteiger partial charge in [0.15, 0.2) is 0 Å². The summed E-state index contributed by atoms with van der Waals surface area (Å²) in [5.74, 6) is -1.61. The molecule has 0 aliphatic heterocycles. The highest BCUT2D eigenvalue weighted by Gasteiger charge is 2.15. The summed E-state index contributed by atoms with van der Waals surface area (Å²) < 4.78 is 41.4. The first kappa shape index (κ1) is 13.4. The van der Waals surface area contributed by atoms with Crippen molar-refractivity contribution in [1.82, 2.24) is 4.98 Å². The van der Waals surface area contributed by atoms with Crippen LogP contribution in [0.5, 0.6) is 0 Å². The third-order valence-corrected chi connectivity index (χ3v) is 3.15. The number of hydrogen-bond acceptors (Lipinski definition) is 1. The molecule has 0 saturated heterocycles. The van der Waals surface area contributed by atoms with Gasteiger partial charge in [-0.3, -0.25) is 4.98 Å². The van der Waals surface area contributed by atoms with E-state index >= 15 is 0 Å². The first-order chi connectivity index (χ1) is 10.2. The lowest BCUT2D eigenvalue weighted by molar-refractivity contribution is 0.617. The van der Waals surface area contributed by atoms with Gasteiger partial charge in [0.25, 0.3) is 0 Å². The van der Waals surface area contributed by atoms with Crippen molar-refractivity contribution in [1.29, 1.82) is 0 Å². The van der Waals surface area contributed by atoms with Gasteiger partial charge in [0.05, 0.1) is 11.9 Å². The third kappa shape index (κ3) is 2.52. The van der Waals surface area contributed by atoms with E-state index in [4.69, 9.17) is 0 Å². The van der Waals surface area contributed by atoms with Crippen LogP contribution in [-0.4, -0.2) is 4.98 Å². The summed E-state index contributed by atoms with van der Waals surface area (Å²) in [4.78, 5) is 3.95. The molecule has 21 heavy (non-hydrogen) atoms. The highest BCUT2D eigenvalue weighted by molar-refractivity contribution is 5.81. The molecule has 0 bridgehead atoms. The monoisotopic (exact) mass is 285 g/mol. The van der Waals surface area contributed by atoms with Crippen molar-refractivity contribution in [2.24, 2.45) is 0 Å². The van der Waals surface area contributed by atoms with E-state index in [1.807, 2.05) is 0 Å². The summed E-state index contributed by atoms with van der Waals surface area (Å²) in [6, 6.07) is 13.1. The van der Waals surface area contributed by atoms with Crippen LogP contribution in [0.25, 0.3) is 22.4 Å². The first-order valence-electron chi connectivity index (χ1n) is 6.32. The number of nitrogens with zero attached hydrogens (tertiary/aromatic N) is 1. The molecule has 1 heterocycles. The Morgan fingerprint density at radius 3 is 1.86 bits per heavy atom. The third-order valence-electron chi connectivity index (χ3n) is 3.15. The molecule has 0 radical (unpaired) electrons. The van der Waals surface area contributed by atoms with E-state index in [1.165, 1.54) is 30.3 Å². The van der Waals surface area contributed by atoms with Crippen molar-refractivity contribution in [2.45, 2.75) is 0 Å². The summed E-state index contributed by atoms with van der Waals surface area (Å²) in [6.07, 6.45) is 0.992. The molecule has 0 atom stereocenters. The Morgan fingerprint density at radius 1 is 0.667 bits per heavy atom. The van der Waals surface area contributed by atoms with Crippen LogP contribution >= 0.6 is 0 Å². The summed E-state index contributed by atoms with van der Waals surface area (Å²) in [7, 11) is 0. The average molecular weight is 285 g/mol. The summed E-state index contributed by atoms with van der Waals surface area (Å²) >= 11 is 0. The van der Waals surface area contributed by atoms with Gasteiger partial charge >= 0.3 is 0 Å². The number of halogens is 3. The Labute approximate surface area is 119 Å². The maximum absolute atomic E-state index is 14.0. The molecule has 1 aromatic heterocycles. The van der Waals surface area contributed by atoms with Crippen molar-refractivity contribution in [3.05, 3.63) is 78.2 Å². The van der Waals surface area contributed by atoms with Crippen LogP contribution in [0.2, 0.25) is 0 Å². The number of aromatic nitrogens is 1. The topological polar surface area (TPSA) is 12.9 Å². The number of pyridine rings is 1. The van der Waals surface area contributed by atoms with Crippen molar-refractivity contribution in [3.63, 3.8) is 0 Å². The van der Waals surface area contributed by atoms with Gasteiger partial charge in [-0.05, 0) is 24.3 Å². The van der Waals surface area contributed by atoms with Crippen LogP contribution in [-0.2, 0) is 0 Å². The lowest BCUT2D eigenvalue weighted by Crippen LogP contribution is -1.95. The largest absolute Gasteiger partial charge is 0.252 e. The van der Waals surface area contributed by atoms with Crippen LogP contribution < -0.4 is 0 Å². The molecule has 0 saturated carbocycles. The van der Waals surface area contributed by atoms with Crippen molar-refractivity contribution in [3.8, 4) is 22.4 Å². The van der Waals surface area contributed by atoms with Crippen molar-refractivity contribution in [2.75, 3.05) is 0 Å². The molecule has 4 heteroatoms. The van der Waals surface area contributed by atoms with Crippen molar-refractivity contribution >= 4 is 0 Å². The smallest absolute Gasteiger partial charge is 0.142 e. The Hall–Kier alpha value is -2.62. The normalized spacial score (nSPS) is 10.6. The highest BCUT2D eigenvalue weighted by Crippen LogP contribution is 2.33. The molecule has 0 fully saturated rings. The predicted octanol–water partition coefficient (Wildman–Crippen LogP) is 4.83. The minimum Gasteiger partial charge on any atom is -0.252 e. The van der Waals surface area contributed by atoms with Crippen LogP contribution in [0, 0.1) is 17.5 Å². The second-order valence-electron chi connectivity index (χ2n) is 4.51. The van der Waals surface area contributed by atoms with Gasteiger partial charge in [0.2, 0.25) is 0 Å². The SMILES string of the molecule is Fc1cnc(-c2ccccc2F)c(-c2ccccc2F)c1. The zero-order valence-corrected chi connectivity index (χ0v) is 10.9. The fraction of sp³-hybridized carbons (Fsp3) is 0. The van der Waals surface area contributed by atoms with Gasteiger partial charge in [-0.15, -0.1) is 0 Å². The minimum atomic E-state index is -0.603. The number of benzene rings is 2. The van der Waals surface area contributed by atoms with E-state index in [2.05, 4.69) is 4.98 Å². The molecule has 104 valence electrons. The summed E-state index contributed by atoms with van der Waals surface area (Å²) in [5.41, 5.74) is 0.816. The van der Waals surface area contributed by atoms with Crippen molar-refractivity contribution < 1.29 is 13.2 Å². The van der Waals surface area contributed by atoms with Gasteiger partial charge in [-0.25, -0.2) is 13.2 Å². The van der Waals surface area contributed by atoms with Gasteiger partial charge in [0.1, 0.15) is 17.5 Å². The Kier molecular flexibility index (Phi) is 3.44. The van der Waals surface area contributed by atoms with Gasteiger partial charge < -0.3 is 0 Å². The maximum atomic E-state index is 14.0. The van der Waals surface area contributed by atoms with Crippen LogP contribution in [0.3, 0.4) is 0 Å². The average Bonchev–Trinajstić information content (AvgIpc) is 2.49. The second kappa shape index (κ2) is 5.40. The molecule has 0 unspecified atom stereocenters. The predicted molar refractivity (Wildman–Crippen MR) is 75.0 cm³/mol. The maximum Gasteiger partial charge on any atom is 0.142 e. The lowest BCUT2D eigenvalue weighted by Gasteiger charge is -2.10. The molecular formula is C17H10F3N. The summed E-state index contributed by atoms with van der Waals surface area (Å²) in [5, 5.41) is 0. The minimum absolute atomic E-state index is 0.183. The van der Waals surface area contributed by atoms with E-state index in [0.29, 0.717) is 0 Å². The molecule has 0 N–H and O–H groups in total. The quantitative estimate of drug-likeness (QED) is 0.657. The molecular weight excluding hydrogens is 275 g/mol. The Bertz CT molecular complexity index is 800. The molecule has 3 aromatic rings. The fourth-order valence-electron chi connectivity index (χ4n) is 2.19. The van der Waals surface area contributed by atoms with E-state index in [1.54, 1.807) is 18.2 Å².